The van der Waals surface area contributed by atoms with E-state index in [1.165, 1.54) is 4.90 Å². The third-order valence-electron chi connectivity index (χ3n) is 3.89. The molecule has 2 aromatic rings. The Morgan fingerprint density at radius 2 is 2.00 bits per heavy atom. The minimum atomic E-state index is -1.15. The van der Waals surface area contributed by atoms with Gasteiger partial charge >= 0.3 is 0 Å². The molecule has 2 heterocycles. The fourth-order valence-electron chi connectivity index (χ4n) is 2.85. The Balaban J connectivity index is 1.94. The largest absolute Gasteiger partial charge is 0.503 e. The summed E-state index contributed by atoms with van der Waals surface area (Å²) in [6.45, 7) is 4.63. The first-order valence-electron chi connectivity index (χ1n) is 6.79. The molecule has 0 radical (unpaired) electrons. The highest BCUT2D eigenvalue weighted by Gasteiger charge is 2.36. The Morgan fingerprint density at radius 1 is 1.36 bits per heavy atom. The first kappa shape index (κ1) is 14.5. The highest BCUT2D eigenvalue weighted by molar-refractivity contribution is 5.94. The summed E-state index contributed by atoms with van der Waals surface area (Å²) >= 11 is 0. The van der Waals surface area contributed by atoms with Gasteiger partial charge < -0.3 is 10.0 Å². The smallest absolute Gasteiger partial charge is 0.254 e. The van der Waals surface area contributed by atoms with Gasteiger partial charge in [0.15, 0.2) is 17.4 Å². The van der Waals surface area contributed by atoms with Gasteiger partial charge in [-0.1, -0.05) is 13.8 Å². The van der Waals surface area contributed by atoms with Crippen LogP contribution in [-0.2, 0) is 12.0 Å². The van der Waals surface area contributed by atoms with Gasteiger partial charge in [0.2, 0.25) is 0 Å². The van der Waals surface area contributed by atoms with Crippen molar-refractivity contribution in [3.05, 3.63) is 46.8 Å². The summed E-state index contributed by atoms with van der Waals surface area (Å²) in [5, 5.41) is 16.0. The number of hydrogen-bond donors (Lipinski definition) is 2. The van der Waals surface area contributed by atoms with Gasteiger partial charge in [0.1, 0.15) is 0 Å². The van der Waals surface area contributed by atoms with Crippen LogP contribution in [0.15, 0.2) is 18.3 Å². The van der Waals surface area contributed by atoms with Gasteiger partial charge in [-0.15, -0.1) is 0 Å². The molecule has 1 aromatic heterocycles. The maximum atomic E-state index is 13.4. The van der Waals surface area contributed by atoms with Crippen LogP contribution in [0, 0.1) is 11.6 Å². The molecule has 0 fully saturated rings. The zero-order chi connectivity index (χ0) is 16.1. The average molecular weight is 307 g/mol. The molecule has 116 valence electrons. The standard InChI is InChI=1S/C15H15F2N3O2/c1-15(2)7-20(6-9-5-18-19-13(9)15)14(22)8-3-10(16)12(21)11(17)4-8/h3-5,21H,6-7H2,1-2H3,(H,18,19). The predicted octanol–water partition coefficient (Wildman–Crippen LogP) is 2.33. The van der Waals surface area contributed by atoms with Gasteiger partial charge in [-0.25, -0.2) is 8.78 Å². The third-order valence-corrected chi connectivity index (χ3v) is 3.89. The molecule has 0 unspecified atom stereocenters. The number of carbonyl (C=O) groups is 1. The molecule has 0 aliphatic carbocycles. The summed E-state index contributed by atoms with van der Waals surface area (Å²) in [5.41, 5.74) is 1.37. The van der Waals surface area contributed by atoms with Gasteiger partial charge in [0.05, 0.1) is 6.20 Å². The second-order valence-corrected chi connectivity index (χ2v) is 6.10. The Labute approximate surface area is 125 Å². The highest BCUT2D eigenvalue weighted by atomic mass is 19.1. The zero-order valence-electron chi connectivity index (χ0n) is 12.2. The van der Waals surface area contributed by atoms with Crippen molar-refractivity contribution in [2.24, 2.45) is 0 Å². The van der Waals surface area contributed by atoms with Crippen LogP contribution in [0.3, 0.4) is 0 Å². The molecule has 1 aromatic carbocycles. The number of aromatic hydroxyl groups is 1. The van der Waals surface area contributed by atoms with Crippen LogP contribution in [0.5, 0.6) is 5.75 Å². The number of hydrogen-bond acceptors (Lipinski definition) is 3. The van der Waals surface area contributed by atoms with Crippen molar-refractivity contribution in [3.8, 4) is 5.75 Å². The van der Waals surface area contributed by atoms with Crippen LogP contribution in [0.4, 0.5) is 8.78 Å². The lowest BCUT2D eigenvalue weighted by Crippen LogP contribution is -2.45. The number of nitrogens with zero attached hydrogens (tertiary/aromatic N) is 2. The van der Waals surface area contributed by atoms with Gasteiger partial charge in [0, 0.05) is 35.3 Å². The fourth-order valence-corrected chi connectivity index (χ4v) is 2.85. The lowest BCUT2D eigenvalue weighted by Gasteiger charge is -2.37. The van der Waals surface area contributed by atoms with Crippen molar-refractivity contribution < 1.29 is 18.7 Å². The Hall–Kier alpha value is -2.44. The minimum absolute atomic E-state index is 0.129. The number of phenols is 1. The van der Waals surface area contributed by atoms with Crippen LogP contribution in [-0.4, -0.2) is 32.7 Å². The molecule has 2 N–H and O–H groups in total. The molecule has 0 atom stereocenters. The van der Waals surface area contributed by atoms with Crippen molar-refractivity contribution >= 4 is 5.91 Å². The van der Waals surface area contributed by atoms with E-state index in [0.29, 0.717) is 13.1 Å². The van der Waals surface area contributed by atoms with Crippen molar-refractivity contribution in [1.29, 1.82) is 0 Å². The summed E-state index contributed by atoms with van der Waals surface area (Å²) in [7, 11) is 0. The van der Waals surface area contributed by atoms with E-state index >= 15 is 0 Å². The van der Waals surface area contributed by atoms with E-state index in [4.69, 9.17) is 5.11 Å². The van der Waals surface area contributed by atoms with E-state index in [9.17, 15) is 13.6 Å². The van der Waals surface area contributed by atoms with Crippen molar-refractivity contribution in [2.75, 3.05) is 6.54 Å². The Bertz CT molecular complexity index is 732. The molecule has 0 spiro atoms. The second-order valence-electron chi connectivity index (χ2n) is 6.10. The maximum Gasteiger partial charge on any atom is 0.254 e. The maximum absolute atomic E-state index is 13.4. The zero-order valence-corrected chi connectivity index (χ0v) is 12.2. The predicted molar refractivity (Wildman–Crippen MR) is 74.4 cm³/mol. The van der Waals surface area contributed by atoms with E-state index in [1.54, 1.807) is 6.20 Å². The topological polar surface area (TPSA) is 69.2 Å². The normalized spacial score (nSPS) is 16.5. The summed E-state index contributed by atoms with van der Waals surface area (Å²) < 4.78 is 26.9. The molecule has 0 saturated carbocycles. The fraction of sp³-hybridized carbons (Fsp3) is 0.333. The molecule has 0 bridgehead atoms. The number of aromatic amines is 1. The van der Waals surface area contributed by atoms with Crippen LogP contribution in [0.25, 0.3) is 0 Å². The lowest BCUT2D eigenvalue weighted by atomic mass is 9.83. The van der Waals surface area contributed by atoms with Gasteiger partial charge in [-0.05, 0) is 12.1 Å². The second kappa shape index (κ2) is 4.79. The van der Waals surface area contributed by atoms with Crippen molar-refractivity contribution in [3.63, 3.8) is 0 Å². The average Bonchev–Trinajstić information content (AvgIpc) is 2.92. The van der Waals surface area contributed by atoms with Crippen LogP contribution < -0.4 is 0 Å². The number of carbonyl (C=O) groups excluding carboxylic acids is 1. The number of halogens is 2. The number of rotatable bonds is 1. The number of phenolic OH excluding ortho intramolecular Hbond substituents is 1. The van der Waals surface area contributed by atoms with E-state index in [2.05, 4.69) is 10.2 Å². The first-order valence-corrected chi connectivity index (χ1v) is 6.79. The number of H-pyrrole nitrogens is 1. The van der Waals surface area contributed by atoms with Crippen molar-refractivity contribution in [2.45, 2.75) is 25.8 Å². The molecule has 1 aliphatic heterocycles. The quantitative estimate of drug-likeness (QED) is 0.849. The van der Waals surface area contributed by atoms with E-state index in [0.717, 1.165) is 23.4 Å². The van der Waals surface area contributed by atoms with Gasteiger partial charge in [-0.2, -0.15) is 5.10 Å². The molecule has 1 aliphatic rings. The molecule has 7 heteroatoms. The Morgan fingerprint density at radius 3 is 2.64 bits per heavy atom. The van der Waals surface area contributed by atoms with E-state index < -0.39 is 23.3 Å². The number of aromatic nitrogens is 2. The van der Waals surface area contributed by atoms with Crippen LogP contribution in [0.2, 0.25) is 0 Å². The lowest BCUT2D eigenvalue weighted by molar-refractivity contribution is 0.0683. The van der Waals surface area contributed by atoms with Crippen molar-refractivity contribution in [1.82, 2.24) is 15.1 Å². The molecule has 3 rings (SSSR count). The van der Waals surface area contributed by atoms with E-state index in [1.807, 2.05) is 13.8 Å². The minimum Gasteiger partial charge on any atom is -0.503 e. The van der Waals surface area contributed by atoms with E-state index in [-0.39, 0.29) is 11.0 Å². The molecule has 0 saturated heterocycles. The van der Waals surface area contributed by atoms with Crippen LogP contribution in [0.1, 0.15) is 35.5 Å². The third kappa shape index (κ3) is 2.22. The summed E-state index contributed by atoms with van der Waals surface area (Å²) in [6.07, 6.45) is 1.65. The molecule has 5 nitrogen and oxygen atoms in total. The monoisotopic (exact) mass is 307 g/mol. The summed E-state index contributed by atoms with van der Waals surface area (Å²) in [4.78, 5) is 14.0. The Kier molecular flexibility index (Phi) is 3.16. The molecule has 1 amide bonds. The van der Waals surface area contributed by atoms with Gasteiger partial charge in [-0.3, -0.25) is 9.89 Å². The number of fused-ring (bicyclic) bond motifs is 1. The summed E-state index contributed by atoms with van der Waals surface area (Å²) in [6, 6.07) is 1.69. The number of amides is 1. The SMILES string of the molecule is CC1(C)CN(C(=O)c2cc(F)c(O)c(F)c2)Cc2cn[nH]c21. The number of benzene rings is 1. The molecular weight excluding hydrogens is 292 g/mol. The number of nitrogens with one attached hydrogen (secondary N) is 1. The van der Waals surface area contributed by atoms with Gasteiger partial charge in [0.25, 0.3) is 5.91 Å². The van der Waals surface area contributed by atoms with Crippen LogP contribution >= 0.6 is 0 Å². The molecule has 22 heavy (non-hydrogen) atoms. The highest BCUT2D eigenvalue weighted by Crippen LogP contribution is 2.32. The molecular formula is C15H15F2N3O2. The first-order chi connectivity index (χ1) is 10.3. The summed E-state index contributed by atoms with van der Waals surface area (Å²) in [5.74, 6) is -3.86.